The van der Waals surface area contributed by atoms with E-state index in [2.05, 4.69) is 5.10 Å². The van der Waals surface area contributed by atoms with Crippen LogP contribution in [0.4, 0.5) is 0 Å². The third kappa shape index (κ3) is 2.33. The maximum absolute atomic E-state index is 11.6. The molecular weight excluding hydrogens is 212 g/mol. The van der Waals surface area contributed by atoms with Gasteiger partial charge in [-0.1, -0.05) is 0 Å². The average molecular weight is 226 g/mol. The number of carboxylic acids is 1. The number of hydrogen-bond acceptors (Lipinski definition) is 3. The first-order chi connectivity index (χ1) is 7.66. The fourth-order valence-corrected chi connectivity index (χ4v) is 1.93. The van der Waals surface area contributed by atoms with Crippen molar-refractivity contribution >= 4 is 5.97 Å². The Balaban J connectivity index is 2.17. The third-order valence-corrected chi connectivity index (χ3v) is 2.70. The van der Waals surface area contributed by atoms with E-state index in [0.29, 0.717) is 18.9 Å². The molecule has 1 saturated heterocycles. The van der Waals surface area contributed by atoms with E-state index in [9.17, 15) is 9.59 Å². The molecule has 1 aromatic heterocycles. The second kappa shape index (κ2) is 4.52. The normalized spacial score (nSPS) is 17.5. The molecule has 6 nitrogen and oxygen atoms in total. The van der Waals surface area contributed by atoms with Gasteiger partial charge in [-0.15, -0.1) is 0 Å². The van der Waals surface area contributed by atoms with Gasteiger partial charge in [-0.25, -0.2) is 4.68 Å². The highest BCUT2D eigenvalue weighted by molar-refractivity contribution is 5.69. The quantitative estimate of drug-likeness (QED) is 0.768. The lowest BCUT2D eigenvalue weighted by Gasteiger charge is -2.22. The van der Waals surface area contributed by atoms with Gasteiger partial charge in [0.1, 0.15) is 0 Å². The molecule has 88 valence electrons. The van der Waals surface area contributed by atoms with E-state index in [1.54, 1.807) is 0 Å². The third-order valence-electron chi connectivity index (χ3n) is 2.70. The van der Waals surface area contributed by atoms with Crippen molar-refractivity contribution in [3.05, 3.63) is 22.1 Å². The second-order valence-corrected chi connectivity index (χ2v) is 3.90. The molecular formula is C10H14N2O4. The lowest BCUT2D eigenvalue weighted by atomic mass is 10.1. The number of carboxylic acid groups (broad SMARTS) is 1. The molecule has 6 heteroatoms. The first-order valence-corrected chi connectivity index (χ1v) is 5.27. The Bertz CT molecular complexity index is 428. The largest absolute Gasteiger partial charge is 0.481 e. The van der Waals surface area contributed by atoms with Gasteiger partial charge in [-0.05, 0) is 12.8 Å². The number of aromatic nitrogens is 2. The van der Waals surface area contributed by atoms with Crippen molar-refractivity contribution in [2.24, 2.45) is 0 Å². The predicted octanol–water partition coefficient (Wildman–Crippen LogP) is 0.155. The molecule has 0 radical (unpaired) electrons. The summed E-state index contributed by atoms with van der Waals surface area (Å²) in [6.07, 6.45) is 1.42. The Morgan fingerprint density at radius 1 is 1.56 bits per heavy atom. The molecule has 2 heterocycles. The number of rotatable bonds is 3. The van der Waals surface area contributed by atoms with E-state index in [1.165, 1.54) is 10.7 Å². The molecule has 2 N–H and O–H groups in total. The minimum absolute atomic E-state index is 0.101. The predicted molar refractivity (Wildman–Crippen MR) is 55.5 cm³/mol. The molecule has 0 unspecified atom stereocenters. The zero-order chi connectivity index (χ0) is 11.5. The van der Waals surface area contributed by atoms with Crippen LogP contribution in [0.15, 0.2) is 10.9 Å². The Morgan fingerprint density at radius 2 is 2.25 bits per heavy atom. The van der Waals surface area contributed by atoms with Gasteiger partial charge in [0, 0.05) is 25.0 Å². The van der Waals surface area contributed by atoms with Crippen molar-refractivity contribution in [2.45, 2.75) is 25.3 Å². The van der Waals surface area contributed by atoms with Crippen LogP contribution in [-0.2, 0) is 16.0 Å². The standard InChI is InChI=1S/C10H14N2O4/c13-9-5-7(6-10(14)15)11-12(9)8-1-3-16-4-2-8/h5,8,11H,1-4,6H2,(H,14,15). The summed E-state index contributed by atoms with van der Waals surface area (Å²) in [5.74, 6) is -0.944. The van der Waals surface area contributed by atoms with Gasteiger partial charge >= 0.3 is 5.97 Å². The van der Waals surface area contributed by atoms with Crippen molar-refractivity contribution in [3.63, 3.8) is 0 Å². The zero-order valence-electron chi connectivity index (χ0n) is 8.81. The van der Waals surface area contributed by atoms with E-state index >= 15 is 0 Å². The fraction of sp³-hybridized carbons (Fsp3) is 0.600. The van der Waals surface area contributed by atoms with Crippen LogP contribution < -0.4 is 5.56 Å². The summed E-state index contributed by atoms with van der Waals surface area (Å²) in [5, 5.41) is 11.5. The summed E-state index contributed by atoms with van der Waals surface area (Å²) in [7, 11) is 0. The average Bonchev–Trinajstić information content (AvgIpc) is 2.60. The first kappa shape index (κ1) is 10.9. The Hall–Kier alpha value is -1.56. The van der Waals surface area contributed by atoms with Crippen molar-refractivity contribution in [2.75, 3.05) is 13.2 Å². The number of aromatic amines is 1. The van der Waals surface area contributed by atoms with Crippen LogP contribution in [0.5, 0.6) is 0 Å². The topological polar surface area (TPSA) is 84.3 Å². The molecule has 16 heavy (non-hydrogen) atoms. The van der Waals surface area contributed by atoms with Gasteiger partial charge in [-0.3, -0.25) is 14.7 Å². The molecule has 1 aliphatic rings. The van der Waals surface area contributed by atoms with Crippen LogP contribution in [0.1, 0.15) is 24.6 Å². The molecule has 2 rings (SSSR count). The summed E-state index contributed by atoms with van der Waals surface area (Å²) in [6, 6.07) is 1.45. The number of aliphatic carboxylic acids is 1. The van der Waals surface area contributed by atoms with Crippen LogP contribution >= 0.6 is 0 Å². The van der Waals surface area contributed by atoms with E-state index in [0.717, 1.165) is 12.8 Å². The molecule has 1 aliphatic heterocycles. The van der Waals surface area contributed by atoms with Crippen LogP contribution in [0.25, 0.3) is 0 Å². The van der Waals surface area contributed by atoms with E-state index in [-0.39, 0.29) is 18.0 Å². The monoisotopic (exact) mass is 226 g/mol. The Kier molecular flexibility index (Phi) is 3.09. The fourth-order valence-electron chi connectivity index (χ4n) is 1.93. The van der Waals surface area contributed by atoms with Crippen molar-refractivity contribution in [1.29, 1.82) is 0 Å². The molecule has 0 atom stereocenters. The molecule has 1 aromatic rings. The van der Waals surface area contributed by atoms with Crippen molar-refractivity contribution in [3.8, 4) is 0 Å². The number of carbonyl (C=O) groups is 1. The summed E-state index contributed by atoms with van der Waals surface area (Å²) in [4.78, 5) is 22.1. The number of hydrogen-bond donors (Lipinski definition) is 2. The Morgan fingerprint density at radius 3 is 2.88 bits per heavy atom. The lowest BCUT2D eigenvalue weighted by molar-refractivity contribution is -0.136. The van der Waals surface area contributed by atoms with Crippen LogP contribution in [0, 0.1) is 0 Å². The minimum Gasteiger partial charge on any atom is -0.481 e. The van der Waals surface area contributed by atoms with E-state index < -0.39 is 5.97 Å². The summed E-state index contributed by atoms with van der Waals surface area (Å²) < 4.78 is 6.72. The van der Waals surface area contributed by atoms with Crippen LogP contribution in [-0.4, -0.2) is 34.1 Å². The first-order valence-electron chi connectivity index (χ1n) is 5.27. The van der Waals surface area contributed by atoms with Gasteiger partial charge in [-0.2, -0.15) is 0 Å². The summed E-state index contributed by atoms with van der Waals surface area (Å²) >= 11 is 0. The van der Waals surface area contributed by atoms with Gasteiger partial charge in [0.2, 0.25) is 0 Å². The number of nitrogens with one attached hydrogen (secondary N) is 1. The van der Waals surface area contributed by atoms with Crippen molar-refractivity contribution < 1.29 is 14.6 Å². The molecule has 0 saturated carbocycles. The van der Waals surface area contributed by atoms with Gasteiger partial charge in [0.15, 0.2) is 0 Å². The number of H-pyrrole nitrogens is 1. The summed E-state index contributed by atoms with van der Waals surface area (Å²) in [6.45, 7) is 1.29. The highest BCUT2D eigenvalue weighted by atomic mass is 16.5. The molecule has 0 amide bonds. The van der Waals surface area contributed by atoms with E-state index in [4.69, 9.17) is 9.84 Å². The Labute approximate surface area is 91.8 Å². The van der Waals surface area contributed by atoms with Crippen LogP contribution in [0.3, 0.4) is 0 Å². The number of ether oxygens (including phenoxy) is 1. The summed E-state index contributed by atoms with van der Waals surface area (Å²) in [5.41, 5.74) is 0.284. The highest BCUT2D eigenvalue weighted by Crippen LogP contribution is 2.18. The lowest BCUT2D eigenvalue weighted by Crippen LogP contribution is -2.27. The molecule has 0 spiro atoms. The van der Waals surface area contributed by atoms with E-state index in [1.807, 2.05) is 0 Å². The smallest absolute Gasteiger partial charge is 0.309 e. The second-order valence-electron chi connectivity index (χ2n) is 3.90. The molecule has 1 fully saturated rings. The molecule has 0 bridgehead atoms. The zero-order valence-corrected chi connectivity index (χ0v) is 8.81. The molecule has 0 aliphatic carbocycles. The van der Waals surface area contributed by atoms with Gasteiger partial charge in [0.05, 0.1) is 12.5 Å². The molecule has 0 aromatic carbocycles. The minimum atomic E-state index is -0.944. The van der Waals surface area contributed by atoms with Gasteiger partial charge < -0.3 is 9.84 Å². The highest BCUT2D eigenvalue weighted by Gasteiger charge is 2.18. The maximum atomic E-state index is 11.6. The maximum Gasteiger partial charge on any atom is 0.309 e. The SMILES string of the molecule is O=C(O)Cc1cc(=O)n(C2CCOCC2)[nH]1. The van der Waals surface area contributed by atoms with Crippen LogP contribution in [0.2, 0.25) is 0 Å². The van der Waals surface area contributed by atoms with Gasteiger partial charge in [0.25, 0.3) is 5.56 Å². The van der Waals surface area contributed by atoms with Crippen molar-refractivity contribution in [1.82, 2.24) is 9.78 Å². The number of nitrogens with zero attached hydrogens (tertiary/aromatic N) is 1.